The van der Waals surface area contributed by atoms with Gasteiger partial charge in [-0.25, -0.2) is 24.9 Å². The van der Waals surface area contributed by atoms with E-state index in [4.69, 9.17) is 21.3 Å². The zero-order valence-electron chi connectivity index (χ0n) is 19.8. The maximum absolute atomic E-state index is 14.1. The summed E-state index contributed by atoms with van der Waals surface area (Å²) in [6, 6.07) is 14.8. The molecule has 0 saturated heterocycles. The van der Waals surface area contributed by atoms with Crippen LogP contribution in [0.2, 0.25) is 5.28 Å². The quantitative estimate of drug-likeness (QED) is 0.333. The molecule has 36 heavy (non-hydrogen) atoms. The van der Waals surface area contributed by atoms with Gasteiger partial charge < -0.3 is 10.1 Å². The van der Waals surface area contributed by atoms with Gasteiger partial charge in [-0.05, 0) is 49.2 Å². The Balaban J connectivity index is 1.73. The summed E-state index contributed by atoms with van der Waals surface area (Å²) in [5.74, 6) is 1.09. The van der Waals surface area contributed by atoms with Gasteiger partial charge in [0.2, 0.25) is 5.28 Å². The molecule has 0 spiro atoms. The van der Waals surface area contributed by atoms with E-state index >= 15 is 0 Å². The Kier molecular flexibility index (Phi) is 6.30. The number of nitrogens with one attached hydrogen (secondary N) is 1. The van der Waals surface area contributed by atoms with E-state index < -0.39 is 0 Å². The van der Waals surface area contributed by atoms with Crippen LogP contribution in [0.4, 0.5) is 5.82 Å². The molecule has 5 rings (SSSR count). The molecule has 2 aromatic carbocycles. The van der Waals surface area contributed by atoms with Crippen molar-refractivity contribution < 1.29 is 4.74 Å². The molecule has 0 radical (unpaired) electrons. The van der Waals surface area contributed by atoms with Crippen molar-refractivity contribution in [3.05, 3.63) is 94.1 Å². The molecule has 1 N–H and O–H groups in total. The number of ether oxygens (including phenoxy) is 1. The second kappa shape index (κ2) is 9.71. The van der Waals surface area contributed by atoms with Gasteiger partial charge in [-0.2, -0.15) is 0 Å². The fourth-order valence-corrected chi connectivity index (χ4v) is 4.14. The smallest absolute Gasteiger partial charge is 0.316 e. The van der Waals surface area contributed by atoms with Gasteiger partial charge in [0.05, 0.1) is 29.7 Å². The van der Waals surface area contributed by atoms with Crippen LogP contribution in [0.1, 0.15) is 24.4 Å². The molecule has 0 bridgehead atoms. The summed E-state index contributed by atoms with van der Waals surface area (Å²) in [6.07, 6.45) is 4.91. The van der Waals surface area contributed by atoms with E-state index in [1.807, 2.05) is 62.4 Å². The van der Waals surface area contributed by atoms with Gasteiger partial charge in [-0.15, -0.1) is 0 Å². The van der Waals surface area contributed by atoms with Crippen LogP contribution in [-0.2, 0) is 0 Å². The third kappa shape index (κ3) is 4.36. The lowest BCUT2D eigenvalue weighted by Crippen LogP contribution is -2.28. The number of rotatable bonds is 6. The van der Waals surface area contributed by atoms with Crippen LogP contribution in [0.15, 0.2) is 71.9 Å². The number of para-hydroxylation sites is 1. The summed E-state index contributed by atoms with van der Waals surface area (Å²) < 4.78 is 6.69. The lowest BCUT2D eigenvalue weighted by molar-refractivity contribution is 0.380. The van der Waals surface area contributed by atoms with E-state index in [0.717, 1.165) is 5.56 Å². The molecule has 3 aromatic heterocycles. The number of hydrogen-bond donors (Lipinski definition) is 1. The van der Waals surface area contributed by atoms with Crippen molar-refractivity contribution in [2.75, 3.05) is 12.4 Å². The fourth-order valence-electron chi connectivity index (χ4n) is 4.00. The Bertz CT molecular complexity index is 1610. The number of halogens is 1. The van der Waals surface area contributed by atoms with Crippen LogP contribution in [0.5, 0.6) is 6.01 Å². The highest BCUT2D eigenvalue weighted by molar-refractivity contribution is 6.28. The zero-order valence-corrected chi connectivity index (χ0v) is 20.6. The van der Waals surface area contributed by atoms with Gasteiger partial charge in [0.25, 0.3) is 5.56 Å². The van der Waals surface area contributed by atoms with Crippen LogP contribution in [0.3, 0.4) is 0 Å². The van der Waals surface area contributed by atoms with E-state index in [0.29, 0.717) is 39.4 Å². The van der Waals surface area contributed by atoms with Crippen molar-refractivity contribution in [1.29, 1.82) is 0 Å². The average molecular weight is 500 g/mol. The molecule has 9 nitrogen and oxygen atoms in total. The Morgan fingerprint density at radius 1 is 0.972 bits per heavy atom. The summed E-state index contributed by atoms with van der Waals surface area (Å²) in [4.78, 5) is 35.8. The second-order valence-corrected chi connectivity index (χ2v) is 8.48. The topological polar surface area (TPSA) is 108 Å². The van der Waals surface area contributed by atoms with Gasteiger partial charge in [0, 0.05) is 29.7 Å². The van der Waals surface area contributed by atoms with Gasteiger partial charge in [-0.3, -0.25) is 9.36 Å². The first-order chi connectivity index (χ1) is 17.5. The molecule has 5 aromatic rings. The van der Waals surface area contributed by atoms with E-state index in [1.165, 1.54) is 7.11 Å². The normalized spacial score (nSPS) is 11.9. The summed E-state index contributed by atoms with van der Waals surface area (Å²) >= 11 is 6.02. The monoisotopic (exact) mass is 499 g/mol. The predicted molar refractivity (Wildman–Crippen MR) is 139 cm³/mol. The van der Waals surface area contributed by atoms with E-state index in [2.05, 4.69) is 25.3 Å². The highest BCUT2D eigenvalue weighted by Gasteiger charge is 2.21. The van der Waals surface area contributed by atoms with Crippen molar-refractivity contribution in [3.8, 4) is 22.8 Å². The first-order valence-corrected chi connectivity index (χ1v) is 11.6. The van der Waals surface area contributed by atoms with Gasteiger partial charge >= 0.3 is 6.01 Å². The number of methoxy groups -OCH3 is 1. The molecule has 3 heterocycles. The molecule has 0 amide bonds. The number of aryl methyl sites for hydroxylation is 1. The minimum atomic E-state index is -0.389. The first-order valence-electron chi connectivity index (χ1n) is 11.2. The molecule has 10 heteroatoms. The number of nitrogens with zero attached hydrogens (tertiary/aromatic N) is 6. The van der Waals surface area contributed by atoms with Crippen LogP contribution in [-0.4, -0.2) is 36.6 Å². The van der Waals surface area contributed by atoms with E-state index in [9.17, 15) is 4.79 Å². The minimum Gasteiger partial charge on any atom is -0.467 e. The third-order valence-corrected chi connectivity index (χ3v) is 5.92. The Morgan fingerprint density at radius 2 is 1.72 bits per heavy atom. The van der Waals surface area contributed by atoms with Crippen LogP contribution < -0.4 is 15.6 Å². The van der Waals surface area contributed by atoms with Gasteiger partial charge in [0.1, 0.15) is 11.6 Å². The van der Waals surface area contributed by atoms with Crippen molar-refractivity contribution in [2.24, 2.45) is 0 Å². The first kappa shape index (κ1) is 23.4. The number of benzene rings is 2. The minimum absolute atomic E-state index is 0.133. The maximum Gasteiger partial charge on any atom is 0.316 e. The van der Waals surface area contributed by atoms with Crippen molar-refractivity contribution in [2.45, 2.75) is 19.9 Å². The van der Waals surface area contributed by atoms with Gasteiger partial charge in [0.15, 0.2) is 0 Å². The molecule has 0 aliphatic rings. The number of hydrogen-bond acceptors (Lipinski definition) is 8. The predicted octanol–water partition coefficient (Wildman–Crippen LogP) is 4.78. The molecular formula is C26H22ClN7O2. The van der Waals surface area contributed by atoms with Crippen molar-refractivity contribution >= 4 is 28.3 Å². The molecule has 0 aliphatic carbocycles. The molecule has 1 atom stereocenters. The summed E-state index contributed by atoms with van der Waals surface area (Å²) in [5.41, 5.74) is 3.23. The van der Waals surface area contributed by atoms with Crippen LogP contribution in [0, 0.1) is 6.92 Å². The van der Waals surface area contributed by atoms with Gasteiger partial charge in [-0.1, -0.05) is 30.3 Å². The second-order valence-electron chi connectivity index (χ2n) is 8.14. The zero-order chi connectivity index (χ0) is 25.2. The summed E-state index contributed by atoms with van der Waals surface area (Å²) in [5, 5.41) is 3.93. The van der Waals surface area contributed by atoms with Crippen LogP contribution >= 0.6 is 11.6 Å². The fraction of sp³-hybridized carbons (Fsp3) is 0.154. The van der Waals surface area contributed by atoms with E-state index in [1.54, 1.807) is 23.2 Å². The Hall–Kier alpha value is -4.37. The Labute approximate surface area is 211 Å². The molecule has 180 valence electrons. The lowest BCUT2D eigenvalue weighted by atomic mass is 10.0. The van der Waals surface area contributed by atoms with Crippen molar-refractivity contribution in [1.82, 2.24) is 29.5 Å². The summed E-state index contributed by atoms with van der Waals surface area (Å²) in [6.45, 7) is 3.80. The SMILES string of the molecule is COc1ncc(-c2cccc3nc(C(C)Nc4nc(Cl)ncc4C)n(-c4ccccc4)c(=O)c23)cn1. The molecule has 0 saturated carbocycles. The molecular weight excluding hydrogens is 478 g/mol. The highest BCUT2D eigenvalue weighted by atomic mass is 35.5. The average Bonchev–Trinajstić information content (AvgIpc) is 2.90. The molecule has 0 fully saturated rings. The third-order valence-electron chi connectivity index (χ3n) is 5.74. The molecule has 0 aliphatic heterocycles. The number of aromatic nitrogens is 6. The largest absolute Gasteiger partial charge is 0.467 e. The maximum atomic E-state index is 14.1. The molecule has 1 unspecified atom stereocenters. The number of fused-ring (bicyclic) bond motifs is 1. The highest BCUT2D eigenvalue weighted by Crippen LogP contribution is 2.28. The number of anilines is 1. The Morgan fingerprint density at radius 3 is 2.44 bits per heavy atom. The van der Waals surface area contributed by atoms with Crippen LogP contribution in [0.25, 0.3) is 27.7 Å². The standard InChI is InChI=1S/C26H22ClN7O2/c1-15-12-28-25(27)33-22(15)31-16(2)23-32-20-11-7-10-19(17-13-29-26(36-3)30-14-17)21(20)24(35)34(23)18-8-5-4-6-9-18/h4-14,16H,1-3H3,(H,28,31,33). The summed E-state index contributed by atoms with van der Waals surface area (Å²) in [7, 11) is 1.50. The van der Waals surface area contributed by atoms with E-state index in [-0.39, 0.29) is 22.9 Å². The van der Waals surface area contributed by atoms with Crippen molar-refractivity contribution in [3.63, 3.8) is 0 Å². The lowest BCUT2D eigenvalue weighted by Gasteiger charge is -2.21.